The van der Waals surface area contributed by atoms with Gasteiger partial charge in [0.05, 0.1) is 11.3 Å². The van der Waals surface area contributed by atoms with Gasteiger partial charge in [0, 0.05) is 0 Å². The highest BCUT2D eigenvalue weighted by molar-refractivity contribution is 5.94. The van der Waals surface area contributed by atoms with Crippen molar-refractivity contribution in [1.29, 1.82) is 0 Å². The minimum Gasteiger partial charge on any atom is -0.478 e. The van der Waals surface area contributed by atoms with Crippen molar-refractivity contribution in [2.24, 2.45) is 0 Å². The molecule has 0 unspecified atom stereocenters. The molecular formula is C8H9NO3. The maximum atomic E-state index is 10.5. The van der Waals surface area contributed by atoms with Crippen molar-refractivity contribution < 1.29 is 15.1 Å². The highest BCUT2D eigenvalue weighted by atomic mass is 16.5. The number of carboxylic acids is 1. The first kappa shape index (κ1) is 8.55. The Morgan fingerprint density at radius 3 is 2.67 bits per heavy atom. The fourth-order valence-corrected chi connectivity index (χ4v) is 0.937. The van der Waals surface area contributed by atoms with Crippen LogP contribution in [0.2, 0.25) is 0 Å². The lowest BCUT2D eigenvalue weighted by Gasteiger charge is -2.04. The van der Waals surface area contributed by atoms with Crippen molar-refractivity contribution >= 4 is 11.7 Å². The van der Waals surface area contributed by atoms with Gasteiger partial charge in [-0.15, -0.1) is 0 Å². The molecule has 4 nitrogen and oxygen atoms in total. The molecule has 0 bridgehead atoms. The lowest BCUT2D eigenvalue weighted by molar-refractivity contribution is 0.0697. The molecule has 0 fully saturated rings. The van der Waals surface area contributed by atoms with Crippen LogP contribution in [0.3, 0.4) is 0 Å². The normalized spacial score (nSPS) is 9.50. The summed E-state index contributed by atoms with van der Waals surface area (Å²) in [5.74, 6) is -1.06. The standard InChI is InChI=1S/C8H9NO3/c1-5-2-3-6(8(10)11)7(4-5)9-12/h2-4,9,12H,1H3,(H,10,11). The van der Waals surface area contributed by atoms with Gasteiger partial charge in [0.15, 0.2) is 0 Å². The first-order chi connectivity index (χ1) is 5.65. The Bertz CT molecular complexity index is 309. The molecule has 0 aliphatic heterocycles. The quantitative estimate of drug-likeness (QED) is 0.584. The predicted octanol–water partition coefficient (Wildman–Crippen LogP) is 1.49. The van der Waals surface area contributed by atoms with Gasteiger partial charge < -0.3 is 5.11 Å². The first-order valence-corrected chi connectivity index (χ1v) is 3.39. The molecule has 3 N–H and O–H groups in total. The van der Waals surface area contributed by atoms with Crippen LogP contribution in [-0.4, -0.2) is 16.3 Å². The average molecular weight is 167 g/mol. The largest absolute Gasteiger partial charge is 0.478 e. The van der Waals surface area contributed by atoms with Crippen LogP contribution in [-0.2, 0) is 0 Å². The van der Waals surface area contributed by atoms with Crippen LogP contribution in [0.5, 0.6) is 0 Å². The zero-order valence-corrected chi connectivity index (χ0v) is 6.53. The number of aromatic carboxylic acids is 1. The predicted molar refractivity (Wildman–Crippen MR) is 43.5 cm³/mol. The summed E-state index contributed by atoms with van der Waals surface area (Å²) in [6.07, 6.45) is 0. The maximum Gasteiger partial charge on any atom is 0.337 e. The monoisotopic (exact) mass is 167 g/mol. The zero-order valence-electron chi connectivity index (χ0n) is 6.53. The maximum absolute atomic E-state index is 10.5. The van der Waals surface area contributed by atoms with Gasteiger partial charge in [-0.05, 0) is 24.6 Å². The van der Waals surface area contributed by atoms with Crippen LogP contribution < -0.4 is 5.48 Å². The fraction of sp³-hybridized carbons (Fsp3) is 0.125. The molecule has 0 spiro atoms. The minimum atomic E-state index is -1.06. The van der Waals surface area contributed by atoms with Gasteiger partial charge in [0.25, 0.3) is 0 Å². The summed E-state index contributed by atoms with van der Waals surface area (Å²) < 4.78 is 0. The summed E-state index contributed by atoms with van der Waals surface area (Å²) in [6.45, 7) is 1.81. The van der Waals surface area contributed by atoms with E-state index < -0.39 is 5.97 Å². The number of benzene rings is 1. The summed E-state index contributed by atoms with van der Waals surface area (Å²) in [6, 6.07) is 4.67. The molecule has 0 aliphatic carbocycles. The molecule has 0 aliphatic rings. The van der Waals surface area contributed by atoms with E-state index in [9.17, 15) is 4.79 Å². The third-order valence-corrected chi connectivity index (χ3v) is 1.53. The van der Waals surface area contributed by atoms with Crippen LogP contribution in [0.1, 0.15) is 15.9 Å². The molecule has 0 aromatic heterocycles. The Morgan fingerprint density at radius 1 is 1.50 bits per heavy atom. The molecule has 0 amide bonds. The fourth-order valence-electron chi connectivity index (χ4n) is 0.937. The molecule has 4 heteroatoms. The Hall–Kier alpha value is -1.55. The van der Waals surface area contributed by atoms with Crippen molar-refractivity contribution in [1.82, 2.24) is 0 Å². The van der Waals surface area contributed by atoms with Crippen LogP contribution >= 0.6 is 0 Å². The second-order valence-electron chi connectivity index (χ2n) is 2.47. The lowest BCUT2D eigenvalue weighted by Crippen LogP contribution is -2.02. The smallest absolute Gasteiger partial charge is 0.337 e. The van der Waals surface area contributed by atoms with E-state index in [0.29, 0.717) is 0 Å². The Labute approximate surface area is 69.4 Å². The van der Waals surface area contributed by atoms with Crippen molar-refractivity contribution in [3.05, 3.63) is 29.3 Å². The van der Waals surface area contributed by atoms with Gasteiger partial charge in [0.1, 0.15) is 0 Å². The van der Waals surface area contributed by atoms with Gasteiger partial charge in [0.2, 0.25) is 0 Å². The lowest BCUT2D eigenvalue weighted by atomic mass is 10.1. The molecule has 12 heavy (non-hydrogen) atoms. The SMILES string of the molecule is Cc1ccc(C(=O)O)c(NO)c1. The Balaban J connectivity index is 3.20. The summed E-state index contributed by atoms with van der Waals surface area (Å²) in [4.78, 5) is 10.5. The molecule has 1 rings (SSSR count). The Morgan fingerprint density at radius 2 is 2.17 bits per heavy atom. The number of carboxylic acid groups (broad SMARTS) is 1. The first-order valence-electron chi connectivity index (χ1n) is 3.39. The molecule has 0 heterocycles. The molecule has 64 valence electrons. The number of anilines is 1. The van der Waals surface area contributed by atoms with Gasteiger partial charge in [-0.2, -0.15) is 0 Å². The number of rotatable bonds is 2. The van der Waals surface area contributed by atoms with Crippen molar-refractivity contribution in [2.75, 3.05) is 5.48 Å². The second-order valence-corrected chi connectivity index (χ2v) is 2.47. The van der Waals surface area contributed by atoms with Gasteiger partial charge >= 0.3 is 5.97 Å². The highest BCUT2D eigenvalue weighted by Gasteiger charge is 2.08. The topological polar surface area (TPSA) is 69.6 Å². The molecule has 0 saturated heterocycles. The summed E-state index contributed by atoms with van der Waals surface area (Å²) in [5, 5.41) is 17.2. The highest BCUT2D eigenvalue weighted by Crippen LogP contribution is 2.16. The molecule has 0 saturated carbocycles. The van der Waals surface area contributed by atoms with Gasteiger partial charge in [-0.1, -0.05) is 6.07 Å². The number of aryl methyl sites for hydroxylation is 1. The summed E-state index contributed by atoms with van der Waals surface area (Å²) >= 11 is 0. The van der Waals surface area contributed by atoms with Crippen LogP contribution in [0.4, 0.5) is 5.69 Å². The van der Waals surface area contributed by atoms with Crippen molar-refractivity contribution in [3.8, 4) is 0 Å². The van der Waals surface area contributed by atoms with Crippen LogP contribution in [0, 0.1) is 6.92 Å². The van der Waals surface area contributed by atoms with E-state index in [-0.39, 0.29) is 11.3 Å². The number of hydrogen-bond acceptors (Lipinski definition) is 3. The van der Waals surface area contributed by atoms with Crippen LogP contribution in [0.15, 0.2) is 18.2 Å². The third kappa shape index (κ3) is 1.54. The van der Waals surface area contributed by atoms with E-state index in [4.69, 9.17) is 10.3 Å². The molecule has 0 atom stereocenters. The van der Waals surface area contributed by atoms with E-state index >= 15 is 0 Å². The molecule has 1 aromatic carbocycles. The van der Waals surface area contributed by atoms with Crippen molar-refractivity contribution in [3.63, 3.8) is 0 Å². The number of hydrogen-bond donors (Lipinski definition) is 3. The van der Waals surface area contributed by atoms with E-state index in [1.54, 1.807) is 12.1 Å². The molecular weight excluding hydrogens is 158 g/mol. The van der Waals surface area contributed by atoms with E-state index in [1.165, 1.54) is 6.07 Å². The zero-order chi connectivity index (χ0) is 9.14. The molecule has 0 radical (unpaired) electrons. The minimum absolute atomic E-state index is 0.0584. The van der Waals surface area contributed by atoms with Crippen LogP contribution in [0.25, 0.3) is 0 Å². The van der Waals surface area contributed by atoms with Crippen molar-refractivity contribution in [2.45, 2.75) is 6.92 Å². The van der Waals surface area contributed by atoms with E-state index in [0.717, 1.165) is 5.56 Å². The number of carbonyl (C=O) groups is 1. The van der Waals surface area contributed by atoms with E-state index in [2.05, 4.69) is 0 Å². The summed E-state index contributed by atoms with van der Waals surface area (Å²) in [5.41, 5.74) is 2.99. The summed E-state index contributed by atoms with van der Waals surface area (Å²) in [7, 11) is 0. The molecule has 1 aromatic rings. The van der Waals surface area contributed by atoms with Gasteiger partial charge in [-0.25, -0.2) is 4.79 Å². The van der Waals surface area contributed by atoms with E-state index in [1.807, 2.05) is 12.4 Å². The van der Waals surface area contributed by atoms with Gasteiger partial charge in [-0.3, -0.25) is 10.7 Å². The third-order valence-electron chi connectivity index (χ3n) is 1.53. The average Bonchev–Trinajstić information content (AvgIpc) is 2.03. The Kier molecular flexibility index (Phi) is 2.30. The number of nitrogens with one attached hydrogen (secondary N) is 1. The second kappa shape index (κ2) is 3.23.